The number of hydrogen-bond donors (Lipinski definition) is 1. The van der Waals surface area contributed by atoms with E-state index in [9.17, 15) is 0 Å². The van der Waals surface area contributed by atoms with Crippen molar-refractivity contribution in [3.8, 4) is 11.5 Å². The average Bonchev–Trinajstić information content (AvgIpc) is 2.53. The average molecular weight is 304 g/mol. The highest BCUT2D eigenvalue weighted by atomic mass is 16.5. The maximum atomic E-state index is 5.91. The molecule has 1 heterocycles. The zero-order valence-corrected chi connectivity index (χ0v) is 14.1. The SMILES string of the molecule is C=CCc1ccc(OCCC[NH+]2CCC[C@H](C)C2)c(OC)c1. The first kappa shape index (κ1) is 16.9. The third-order valence-electron chi connectivity index (χ3n) is 4.40. The third-order valence-corrected chi connectivity index (χ3v) is 4.40. The van der Waals surface area contributed by atoms with Crippen LogP contribution in [-0.2, 0) is 6.42 Å². The minimum atomic E-state index is 0.759. The van der Waals surface area contributed by atoms with Crippen LogP contribution in [-0.4, -0.2) is 33.4 Å². The lowest BCUT2D eigenvalue weighted by atomic mass is 10.0. The van der Waals surface area contributed by atoms with Crippen molar-refractivity contribution in [2.45, 2.75) is 32.6 Å². The molecule has 0 saturated carbocycles. The van der Waals surface area contributed by atoms with Crippen molar-refractivity contribution in [1.29, 1.82) is 0 Å². The molecule has 122 valence electrons. The van der Waals surface area contributed by atoms with Crippen LogP contribution in [0.1, 0.15) is 31.7 Å². The van der Waals surface area contributed by atoms with Gasteiger partial charge in [-0.15, -0.1) is 6.58 Å². The molecule has 1 aromatic rings. The lowest BCUT2D eigenvalue weighted by molar-refractivity contribution is -0.908. The molecule has 0 amide bonds. The van der Waals surface area contributed by atoms with Crippen LogP contribution >= 0.6 is 0 Å². The Hall–Kier alpha value is -1.48. The van der Waals surface area contributed by atoms with Crippen LogP contribution in [0, 0.1) is 5.92 Å². The Morgan fingerprint density at radius 2 is 2.23 bits per heavy atom. The van der Waals surface area contributed by atoms with Crippen molar-refractivity contribution in [3.63, 3.8) is 0 Å². The Morgan fingerprint density at radius 1 is 1.36 bits per heavy atom. The van der Waals surface area contributed by atoms with E-state index in [0.717, 1.165) is 36.9 Å². The molecule has 3 heteroatoms. The molecule has 0 aromatic heterocycles. The van der Waals surface area contributed by atoms with Crippen LogP contribution in [0.4, 0.5) is 0 Å². The summed E-state index contributed by atoms with van der Waals surface area (Å²) in [6.45, 7) is 10.7. The van der Waals surface area contributed by atoms with Gasteiger partial charge < -0.3 is 14.4 Å². The molecule has 0 aliphatic carbocycles. The van der Waals surface area contributed by atoms with Crippen molar-refractivity contribution in [3.05, 3.63) is 36.4 Å². The fraction of sp³-hybridized carbons (Fsp3) is 0.579. The summed E-state index contributed by atoms with van der Waals surface area (Å²) in [4.78, 5) is 1.73. The number of nitrogens with one attached hydrogen (secondary N) is 1. The van der Waals surface area contributed by atoms with E-state index in [-0.39, 0.29) is 0 Å². The molecule has 2 atom stereocenters. The zero-order chi connectivity index (χ0) is 15.8. The van der Waals surface area contributed by atoms with Crippen LogP contribution in [0.2, 0.25) is 0 Å². The summed E-state index contributed by atoms with van der Waals surface area (Å²) in [5.74, 6) is 2.54. The topological polar surface area (TPSA) is 22.9 Å². The van der Waals surface area contributed by atoms with Crippen molar-refractivity contribution < 1.29 is 14.4 Å². The van der Waals surface area contributed by atoms with Crippen LogP contribution in [0.25, 0.3) is 0 Å². The molecule has 1 fully saturated rings. The smallest absolute Gasteiger partial charge is 0.161 e. The Labute approximate surface area is 134 Å². The Morgan fingerprint density at radius 3 is 2.95 bits per heavy atom. The first-order chi connectivity index (χ1) is 10.7. The highest BCUT2D eigenvalue weighted by Gasteiger charge is 2.18. The van der Waals surface area contributed by atoms with Gasteiger partial charge in [0.05, 0.1) is 33.4 Å². The summed E-state index contributed by atoms with van der Waals surface area (Å²) >= 11 is 0. The molecule has 0 spiro atoms. The number of hydrogen-bond acceptors (Lipinski definition) is 2. The van der Waals surface area contributed by atoms with Gasteiger partial charge in [-0.05, 0) is 37.0 Å². The molecular weight excluding hydrogens is 274 g/mol. The lowest BCUT2D eigenvalue weighted by Gasteiger charge is -2.27. The monoisotopic (exact) mass is 304 g/mol. The summed E-state index contributed by atoms with van der Waals surface area (Å²) in [7, 11) is 1.69. The molecule has 22 heavy (non-hydrogen) atoms. The van der Waals surface area contributed by atoms with Crippen LogP contribution < -0.4 is 14.4 Å². The van der Waals surface area contributed by atoms with Gasteiger partial charge in [0.25, 0.3) is 0 Å². The Balaban J connectivity index is 1.77. The second kappa shape index (κ2) is 8.84. The van der Waals surface area contributed by atoms with Gasteiger partial charge in [0.15, 0.2) is 11.5 Å². The van der Waals surface area contributed by atoms with Crippen molar-refractivity contribution in [2.75, 3.05) is 33.4 Å². The molecular formula is C19H30NO2+. The third kappa shape index (κ3) is 5.06. The molecule has 1 aliphatic rings. The molecule has 1 aliphatic heterocycles. The predicted molar refractivity (Wildman–Crippen MR) is 91.0 cm³/mol. The highest BCUT2D eigenvalue weighted by molar-refractivity contribution is 5.43. The minimum absolute atomic E-state index is 0.759. The quantitative estimate of drug-likeness (QED) is 0.589. The largest absolute Gasteiger partial charge is 0.493 e. The fourth-order valence-corrected chi connectivity index (χ4v) is 3.25. The van der Waals surface area contributed by atoms with Crippen LogP contribution in [0.3, 0.4) is 0 Å². The molecule has 1 N–H and O–H groups in total. The summed E-state index contributed by atoms with van der Waals surface area (Å²) in [6.07, 6.45) is 6.62. The number of likely N-dealkylation sites (tertiary alicyclic amines) is 1. The highest BCUT2D eigenvalue weighted by Crippen LogP contribution is 2.28. The van der Waals surface area contributed by atoms with Crippen molar-refractivity contribution >= 4 is 0 Å². The van der Waals surface area contributed by atoms with E-state index in [1.807, 2.05) is 18.2 Å². The molecule has 1 saturated heterocycles. The van der Waals surface area contributed by atoms with Crippen LogP contribution in [0.5, 0.6) is 11.5 Å². The fourth-order valence-electron chi connectivity index (χ4n) is 3.25. The number of ether oxygens (including phenoxy) is 2. The van der Waals surface area contributed by atoms with Gasteiger partial charge in [0.2, 0.25) is 0 Å². The molecule has 3 nitrogen and oxygen atoms in total. The summed E-state index contributed by atoms with van der Waals surface area (Å²) in [6, 6.07) is 6.12. The van der Waals surface area contributed by atoms with Crippen molar-refractivity contribution in [1.82, 2.24) is 0 Å². The van der Waals surface area contributed by atoms with E-state index < -0.39 is 0 Å². The zero-order valence-electron chi connectivity index (χ0n) is 14.1. The number of quaternary nitrogens is 1. The molecule has 1 aromatic carbocycles. The summed E-state index contributed by atoms with van der Waals surface area (Å²) < 4.78 is 11.3. The first-order valence-corrected chi connectivity index (χ1v) is 8.47. The molecule has 1 unspecified atom stereocenters. The number of allylic oxidation sites excluding steroid dienone is 1. The van der Waals surface area contributed by atoms with E-state index in [0.29, 0.717) is 0 Å². The van der Waals surface area contributed by atoms with Gasteiger partial charge in [-0.25, -0.2) is 0 Å². The number of benzene rings is 1. The van der Waals surface area contributed by atoms with E-state index in [2.05, 4.69) is 19.6 Å². The number of methoxy groups -OCH3 is 1. The second-order valence-electron chi connectivity index (χ2n) is 6.38. The van der Waals surface area contributed by atoms with E-state index >= 15 is 0 Å². The lowest BCUT2D eigenvalue weighted by Crippen LogP contribution is -3.13. The molecule has 0 bridgehead atoms. The normalized spacial score (nSPS) is 21.4. The van der Waals surface area contributed by atoms with Gasteiger partial charge >= 0.3 is 0 Å². The van der Waals surface area contributed by atoms with Crippen LogP contribution in [0.15, 0.2) is 30.9 Å². The molecule has 2 rings (SSSR count). The van der Waals surface area contributed by atoms with Gasteiger partial charge in [-0.1, -0.05) is 19.1 Å². The van der Waals surface area contributed by atoms with E-state index in [1.165, 1.54) is 38.0 Å². The number of piperidine rings is 1. The van der Waals surface area contributed by atoms with Gasteiger partial charge in [-0.2, -0.15) is 0 Å². The Bertz CT molecular complexity index is 473. The summed E-state index contributed by atoms with van der Waals surface area (Å²) in [5.41, 5.74) is 1.20. The number of rotatable bonds is 8. The molecule has 0 radical (unpaired) electrons. The summed E-state index contributed by atoms with van der Waals surface area (Å²) in [5, 5.41) is 0. The van der Waals surface area contributed by atoms with Gasteiger partial charge in [-0.3, -0.25) is 0 Å². The Kier molecular flexibility index (Phi) is 6.78. The van der Waals surface area contributed by atoms with E-state index in [1.54, 1.807) is 12.0 Å². The predicted octanol–water partition coefficient (Wildman–Crippen LogP) is 2.51. The second-order valence-corrected chi connectivity index (χ2v) is 6.38. The first-order valence-electron chi connectivity index (χ1n) is 8.47. The van der Waals surface area contributed by atoms with Gasteiger partial charge in [0, 0.05) is 12.3 Å². The standard InChI is InChI=1S/C19H29NO2/c1-4-7-17-9-10-18(19(14-17)21-3)22-13-6-12-20-11-5-8-16(2)15-20/h4,9-10,14,16H,1,5-8,11-13,15H2,2-3H3/p+1/t16-/m0/s1. The maximum Gasteiger partial charge on any atom is 0.161 e. The van der Waals surface area contributed by atoms with Crippen molar-refractivity contribution in [2.24, 2.45) is 5.92 Å². The van der Waals surface area contributed by atoms with Gasteiger partial charge in [0.1, 0.15) is 0 Å². The maximum absolute atomic E-state index is 5.91. The van der Waals surface area contributed by atoms with E-state index in [4.69, 9.17) is 9.47 Å². The minimum Gasteiger partial charge on any atom is -0.493 e.